The molecule has 3 aliphatic rings. The summed E-state index contributed by atoms with van der Waals surface area (Å²) in [5.41, 5.74) is -0.385. The molecule has 0 aliphatic carbocycles. The van der Waals surface area contributed by atoms with Crippen LogP contribution < -0.4 is 21.4 Å². The van der Waals surface area contributed by atoms with E-state index in [1.165, 1.54) is 16.8 Å². The minimum atomic E-state index is -3.57. The number of rotatable bonds is 14. The van der Waals surface area contributed by atoms with E-state index >= 15 is 0 Å². The van der Waals surface area contributed by atoms with E-state index < -0.39 is 65.7 Å². The number of amidine groups is 1. The number of carbonyl (C=O) groups excluding carboxylic acids is 1. The third-order valence-electron chi connectivity index (χ3n) is 13.3. The maximum Gasteiger partial charge on any atom is 0.374 e. The Balaban J connectivity index is 1.33. The predicted octanol–water partition coefficient (Wildman–Crippen LogP) is 7.58. The van der Waals surface area contributed by atoms with Crippen molar-refractivity contribution in [3.63, 3.8) is 0 Å². The lowest BCUT2D eigenvalue weighted by atomic mass is 10.1. The van der Waals surface area contributed by atoms with Crippen molar-refractivity contribution in [2.24, 2.45) is 4.99 Å². The zero-order valence-corrected chi connectivity index (χ0v) is 41.4. The highest BCUT2D eigenvalue weighted by atomic mass is 31.1. The van der Waals surface area contributed by atoms with Crippen molar-refractivity contribution in [3.8, 4) is 0 Å². The summed E-state index contributed by atoms with van der Waals surface area (Å²) >= 11 is 0. The van der Waals surface area contributed by atoms with Gasteiger partial charge in [0.2, 0.25) is 11.6 Å². The number of fused-ring (bicyclic) bond motifs is 1. The standard InChI is InChI=1S/C47H64N5O9PSi2/c1-45(2,3)63(7,8)59-41-43(51-31-29-39(50-44(51)54)49-42(53)35-22-13-9-14-23-35)58-38(47(41,55)60-62(56)61-52-32-20-12-19-28-40(52)48-30-21-33-52)34-57-64(46(4,5)6,36-24-15-10-16-25-36)37-26-17-11-18-27-37/h9-11,13-18,22-27,29,31,38,41,43,55,62H,12,19-21,28,30,32-34H2,1-8H3/p+1/t38-,41?,43-,47?,52?/m1/s1. The average Bonchev–Trinajstić information content (AvgIpc) is 3.36. The highest BCUT2D eigenvalue weighted by Crippen LogP contribution is 2.51. The van der Waals surface area contributed by atoms with E-state index in [1.54, 1.807) is 30.3 Å². The summed E-state index contributed by atoms with van der Waals surface area (Å²) < 4.78 is 50.2. The number of carbonyl (C=O) groups is 1. The van der Waals surface area contributed by atoms with Crippen LogP contribution in [-0.2, 0) is 27.3 Å². The van der Waals surface area contributed by atoms with Crippen LogP contribution in [0.25, 0.3) is 0 Å². The van der Waals surface area contributed by atoms with Gasteiger partial charge in [-0.1, -0.05) is 120 Å². The van der Waals surface area contributed by atoms with E-state index in [2.05, 4.69) is 76.1 Å². The number of quaternary nitrogens is 1. The Labute approximate surface area is 379 Å². The van der Waals surface area contributed by atoms with Crippen LogP contribution in [0.3, 0.4) is 0 Å². The van der Waals surface area contributed by atoms with Gasteiger partial charge in [-0.3, -0.25) is 18.5 Å². The molecule has 0 radical (unpaired) electrons. The van der Waals surface area contributed by atoms with E-state index in [0.717, 1.165) is 41.9 Å². The van der Waals surface area contributed by atoms with Crippen molar-refractivity contribution in [1.82, 2.24) is 9.55 Å². The number of aliphatic imine (C=N–C) groups is 1. The van der Waals surface area contributed by atoms with Crippen molar-refractivity contribution in [1.29, 1.82) is 0 Å². The maximum atomic E-state index is 14.7. The van der Waals surface area contributed by atoms with Gasteiger partial charge in [0.05, 0.1) is 13.2 Å². The zero-order valence-electron chi connectivity index (χ0n) is 38.4. The van der Waals surface area contributed by atoms with Crippen LogP contribution in [0.5, 0.6) is 0 Å². The number of aliphatic hydroxyl groups is 1. The molecule has 2 fully saturated rings. The summed E-state index contributed by atoms with van der Waals surface area (Å²) in [7, 11) is -9.71. The van der Waals surface area contributed by atoms with Gasteiger partial charge < -0.3 is 24.0 Å². The van der Waals surface area contributed by atoms with Crippen molar-refractivity contribution < 1.29 is 41.8 Å². The van der Waals surface area contributed by atoms with Crippen LogP contribution in [0.15, 0.2) is 113 Å². The first-order valence-corrected chi connectivity index (χ1v) is 28.4. The van der Waals surface area contributed by atoms with E-state index in [-0.39, 0.29) is 22.1 Å². The SMILES string of the molecule is CC(C)(C)[Si](C)(C)OC1[C@H](n2ccc(NC(=O)c3ccccc3)nc2=O)O[C@H](CO[Si](c2ccccc2)(c2ccccc2)C(C)(C)C)C1(O)O[PH](=O)O[N+]12CCCCCC1=NCCC2. The lowest BCUT2D eigenvalue weighted by Gasteiger charge is -2.45. The Morgan fingerprint density at radius 2 is 1.50 bits per heavy atom. The van der Waals surface area contributed by atoms with Crippen LogP contribution in [0.4, 0.5) is 5.82 Å². The fraction of sp³-hybridized carbons (Fsp3) is 0.489. The molecule has 6 atom stereocenters. The van der Waals surface area contributed by atoms with Gasteiger partial charge in [-0.05, 0) is 71.0 Å². The number of benzene rings is 3. The lowest BCUT2D eigenvalue weighted by Crippen LogP contribution is -2.67. The number of ether oxygens (including phenoxy) is 1. The van der Waals surface area contributed by atoms with Crippen LogP contribution in [0, 0.1) is 0 Å². The molecule has 1 aromatic heterocycles. The van der Waals surface area contributed by atoms with Crippen LogP contribution in [0.2, 0.25) is 23.2 Å². The monoisotopic (exact) mass is 930 g/mol. The van der Waals surface area contributed by atoms with Gasteiger partial charge in [-0.2, -0.15) is 4.98 Å². The Morgan fingerprint density at radius 3 is 2.09 bits per heavy atom. The molecule has 4 aromatic rings. The minimum absolute atomic E-state index is 0.0192. The highest BCUT2D eigenvalue weighted by Gasteiger charge is 2.64. The fourth-order valence-corrected chi connectivity index (χ4v) is 15.8. The second-order valence-electron chi connectivity index (χ2n) is 19.6. The normalized spacial score (nSPS) is 24.9. The summed E-state index contributed by atoms with van der Waals surface area (Å²) in [6, 6.07) is 30.3. The second-order valence-corrected chi connectivity index (χ2v) is 29.6. The summed E-state index contributed by atoms with van der Waals surface area (Å²) in [5.74, 6) is -2.07. The van der Waals surface area contributed by atoms with Crippen LogP contribution >= 0.6 is 8.25 Å². The number of aromatic nitrogens is 2. The number of nitrogens with zero attached hydrogens (tertiary/aromatic N) is 4. The molecule has 0 spiro atoms. The van der Waals surface area contributed by atoms with Gasteiger partial charge in [0.1, 0.15) is 31.1 Å². The molecule has 64 heavy (non-hydrogen) atoms. The number of hydrogen-bond acceptors (Lipinski definition) is 11. The average molecular weight is 931 g/mol. The Kier molecular flexibility index (Phi) is 14.3. The van der Waals surface area contributed by atoms with Crippen molar-refractivity contribution in [2.45, 2.75) is 121 Å². The molecule has 7 rings (SSSR count). The van der Waals surface area contributed by atoms with Crippen LogP contribution in [-0.4, -0.2) is 91.9 Å². The van der Waals surface area contributed by atoms with Crippen molar-refractivity contribution >= 4 is 52.8 Å². The number of hydrogen-bond donors (Lipinski definition) is 2. The first-order chi connectivity index (χ1) is 30.3. The summed E-state index contributed by atoms with van der Waals surface area (Å²) in [6.45, 7) is 18.2. The molecule has 17 heteroatoms. The first kappa shape index (κ1) is 48.0. The molecular formula is C47H65N5O9PSi2+. The Morgan fingerprint density at radius 1 is 0.891 bits per heavy atom. The molecule has 2 N–H and O–H groups in total. The Bertz CT molecular complexity index is 2320. The summed E-state index contributed by atoms with van der Waals surface area (Å²) in [4.78, 5) is 36.3. The topological polar surface area (TPSA) is 160 Å². The number of anilines is 1. The van der Waals surface area contributed by atoms with Gasteiger partial charge in [0, 0.05) is 24.6 Å². The molecule has 4 heterocycles. The van der Waals surface area contributed by atoms with E-state index in [0.29, 0.717) is 31.6 Å². The van der Waals surface area contributed by atoms with Crippen molar-refractivity contribution in [3.05, 3.63) is 119 Å². The number of amides is 1. The van der Waals surface area contributed by atoms with Gasteiger partial charge in [-0.25, -0.2) is 9.79 Å². The fourth-order valence-electron chi connectivity index (χ4n) is 8.85. The molecule has 3 aromatic carbocycles. The number of hydroxylamine groups is 3. The molecule has 0 saturated carbocycles. The third-order valence-corrected chi connectivity index (χ3v) is 23.7. The molecule has 0 bridgehead atoms. The van der Waals surface area contributed by atoms with Crippen LogP contribution in [0.1, 0.15) is 90.2 Å². The molecule has 344 valence electrons. The smallest absolute Gasteiger partial charge is 0.374 e. The minimum Gasteiger partial charge on any atom is -0.405 e. The van der Waals surface area contributed by atoms with Gasteiger partial charge in [0.25, 0.3) is 14.2 Å². The molecule has 3 aliphatic heterocycles. The third kappa shape index (κ3) is 9.78. The molecule has 1 amide bonds. The predicted molar refractivity (Wildman–Crippen MR) is 254 cm³/mol. The summed E-state index contributed by atoms with van der Waals surface area (Å²) in [6.07, 6.45) is 1.56. The highest BCUT2D eigenvalue weighted by molar-refractivity contribution is 7.33. The van der Waals surface area contributed by atoms with E-state index in [9.17, 15) is 19.3 Å². The molecule has 14 nitrogen and oxygen atoms in total. The van der Waals surface area contributed by atoms with E-state index in [1.807, 2.05) is 49.5 Å². The van der Waals surface area contributed by atoms with Gasteiger partial charge in [0.15, 0.2) is 14.5 Å². The molecular weight excluding hydrogens is 866 g/mol. The zero-order chi connectivity index (χ0) is 46.0. The first-order valence-electron chi connectivity index (χ1n) is 22.4. The largest absolute Gasteiger partial charge is 0.405 e. The number of nitrogens with one attached hydrogen (secondary N) is 1. The summed E-state index contributed by atoms with van der Waals surface area (Å²) in [5, 5.41) is 17.3. The quantitative estimate of drug-likeness (QED) is 0.0559. The van der Waals surface area contributed by atoms with Gasteiger partial charge >= 0.3 is 13.9 Å². The lowest BCUT2D eigenvalue weighted by molar-refractivity contribution is -1.01. The second kappa shape index (κ2) is 19.1. The molecule has 2 saturated heterocycles. The maximum absolute atomic E-state index is 14.7. The molecule has 4 unspecified atom stereocenters. The van der Waals surface area contributed by atoms with Gasteiger partial charge in [-0.15, -0.1) is 9.27 Å². The Hall–Kier alpha value is -3.94. The van der Waals surface area contributed by atoms with E-state index in [4.69, 9.17) is 27.7 Å². The van der Waals surface area contributed by atoms with Crippen molar-refractivity contribution in [2.75, 3.05) is 31.6 Å².